The summed E-state index contributed by atoms with van der Waals surface area (Å²) in [5.41, 5.74) is 1.08. The normalized spacial score (nSPS) is 11.3. The maximum absolute atomic E-state index is 12.8. The van der Waals surface area contributed by atoms with Gasteiger partial charge < -0.3 is 0 Å². The summed E-state index contributed by atoms with van der Waals surface area (Å²) in [5, 5.41) is 7.18. The lowest BCUT2D eigenvalue weighted by Crippen LogP contribution is -2.58. The molecule has 0 heterocycles. The molecule has 1 amide bonds. The van der Waals surface area contributed by atoms with Crippen LogP contribution in [0, 0.1) is 10.2 Å². The molecule has 0 fully saturated rings. The van der Waals surface area contributed by atoms with Gasteiger partial charge in [0.2, 0.25) is 5.91 Å². The first-order chi connectivity index (χ1) is 19.1. The van der Waals surface area contributed by atoms with Gasteiger partial charge in [-0.25, -0.2) is 0 Å². The fraction of sp³-hybridized carbons (Fsp3) is 0.300. The minimum atomic E-state index is -4.69. The number of carbonyl (C=O) groups excluding carboxylic acids is 1. The molecule has 0 unspecified atom stereocenters. The van der Waals surface area contributed by atoms with Crippen molar-refractivity contribution in [3.8, 4) is 0 Å². The van der Waals surface area contributed by atoms with Crippen molar-refractivity contribution in [2.75, 3.05) is 11.5 Å². The molecule has 0 bridgehead atoms. The first-order valence-corrected chi connectivity index (χ1v) is 18.1. The molecule has 0 spiro atoms. The highest BCUT2D eigenvalue weighted by atomic mass is 35.7. The third-order valence-electron chi connectivity index (χ3n) is 5.72. The van der Waals surface area contributed by atoms with Gasteiger partial charge in [0.25, 0.3) is 0 Å². The lowest BCUT2D eigenvalue weighted by atomic mass is 10.4. The molecule has 40 heavy (non-hydrogen) atoms. The number of hydrogen-bond donors (Lipinski definition) is 2. The van der Waals surface area contributed by atoms with E-state index >= 15 is 0 Å². The van der Waals surface area contributed by atoms with E-state index in [1.165, 1.54) is 20.2 Å². The van der Waals surface area contributed by atoms with Crippen molar-refractivity contribution in [2.24, 2.45) is 0 Å². The van der Waals surface area contributed by atoms with Gasteiger partial charge in [-0.2, -0.15) is 14.0 Å². The molecule has 3 aromatic carbocycles. The number of benzene rings is 3. The van der Waals surface area contributed by atoms with Crippen molar-refractivity contribution in [1.82, 2.24) is 5.32 Å². The topological polar surface area (TPSA) is 119 Å². The summed E-state index contributed by atoms with van der Waals surface area (Å²) < 4.78 is 34.0. The fourth-order valence-electron chi connectivity index (χ4n) is 4.02. The van der Waals surface area contributed by atoms with Crippen molar-refractivity contribution in [2.45, 2.75) is 46.5 Å². The van der Waals surface area contributed by atoms with Crippen LogP contribution in [0.1, 0.15) is 46.5 Å². The van der Waals surface area contributed by atoms with Crippen LogP contribution in [-0.2, 0) is 4.79 Å². The number of halogens is 1. The van der Waals surface area contributed by atoms with E-state index in [4.69, 9.17) is 18.6 Å². The minimum absolute atomic E-state index is 0.0168. The molecule has 0 radical (unpaired) electrons. The van der Waals surface area contributed by atoms with Crippen LogP contribution >= 0.6 is 30.8 Å². The highest BCUT2D eigenvalue weighted by Gasteiger charge is 2.52. The molecule has 0 aliphatic carbocycles. The lowest BCUT2D eigenvalue weighted by molar-refractivity contribution is -1.92. The van der Waals surface area contributed by atoms with E-state index in [1.54, 1.807) is 6.92 Å². The van der Waals surface area contributed by atoms with Gasteiger partial charge in [0.1, 0.15) is 20.2 Å². The average molecular weight is 623 g/mol. The Kier molecular flexibility index (Phi) is 15.3. The number of thioether (sulfide) groups is 2. The van der Waals surface area contributed by atoms with Crippen LogP contribution in [0.3, 0.4) is 0 Å². The van der Waals surface area contributed by atoms with Gasteiger partial charge in [-0.05, 0) is 60.7 Å². The molecule has 3 rings (SSSR count). The number of unbranched alkanes of at least 4 members (excludes halogenated alkanes) is 2. The fourth-order valence-corrected chi connectivity index (χ4v) is 11.8. The Morgan fingerprint density at radius 2 is 1.07 bits per heavy atom. The number of amides is 1. The minimum Gasteiger partial charge on any atom is -0.295 e. The van der Waals surface area contributed by atoms with Crippen molar-refractivity contribution in [1.29, 1.82) is 0 Å². The Balaban J connectivity index is 0.00000103. The van der Waals surface area contributed by atoms with Gasteiger partial charge in [-0.15, -0.1) is 23.5 Å². The third kappa shape index (κ3) is 10.8. The van der Waals surface area contributed by atoms with Crippen molar-refractivity contribution >= 4 is 52.6 Å². The molecule has 0 saturated carbocycles. The van der Waals surface area contributed by atoms with Crippen LogP contribution in [0.25, 0.3) is 0 Å². The zero-order chi connectivity index (χ0) is 29.4. The zero-order valence-corrected chi connectivity index (χ0v) is 26.4. The molecule has 0 aliphatic heterocycles. The predicted octanol–water partition coefficient (Wildman–Crippen LogP) is 3.19. The molecule has 0 atom stereocenters. The van der Waals surface area contributed by atoms with Crippen LogP contribution in [0.4, 0.5) is 0 Å². The first-order valence-electron chi connectivity index (χ1n) is 13.1. The van der Waals surface area contributed by atoms with Gasteiger partial charge in [0, 0.05) is 6.92 Å². The lowest BCUT2D eigenvalue weighted by Gasteiger charge is -2.30. The zero-order valence-electron chi connectivity index (χ0n) is 23.1. The maximum Gasteiger partial charge on any atom is 0.223 e. The van der Waals surface area contributed by atoms with E-state index in [0.717, 1.165) is 42.6 Å². The standard InChI is InChI=1S/C30H36NOPS2.ClHO4/c1-4-6-23-34-30(35-24-7-5-2)29(31-25(3)32)33(26-17-11-8-12-18-26,27-19-13-9-14-20-27)28-21-15-10-16-22-28;2-1(3,4)5/h8-22H,4-7,23-24H2,1-3H3;(H,2,3,4,5)/p+1. The number of rotatable bonds is 13. The molecule has 10 heteroatoms. The molecule has 0 aromatic heterocycles. The number of hydrogen-bond acceptors (Lipinski definition) is 7. The van der Waals surface area contributed by atoms with Gasteiger partial charge in [-0.1, -0.05) is 81.3 Å². The van der Waals surface area contributed by atoms with Crippen molar-refractivity contribution in [3.05, 3.63) is 101 Å². The first kappa shape index (κ1) is 34.3. The van der Waals surface area contributed by atoms with Crippen LogP contribution < -0.4 is 35.2 Å². The second-order valence-electron chi connectivity index (χ2n) is 8.79. The Morgan fingerprint density at radius 3 is 1.35 bits per heavy atom. The van der Waals surface area contributed by atoms with Gasteiger partial charge >= 0.3 is 0 Å². The summed E-state index contributed by atoms with van der Waals surface area (Å²) in [7, 11) is -7.06. The number of nitrogens with one attached hydrogen (secondary N) is 1. The second kappa shape index (κ2) is 17.8. The summed E-state index contributed by atoms with van der Waals surface area (Å²) in [6.45, 7) is 6.11. The molecule has 0 aliphatic rings. The average Bonchev–Trinajstić information content (AvgIpc) is 2.93. The quantitative estimate of drug-likeness (QED) is 0.222. The molecule has 0 saturated heterocycles. The van der Waals surface area contributed by atoms with Gasteiger partial charge in [-0.3, -0.25) is 10.1 Å². The van der Waals surface area contributed by atoms with Crippen LogP contribution in [0.5, 0.6) is 0 Å². The van der Waals surface area contributed by atoms with Crippen LogP contribution in [0.15, 0.2) is 101 Å². The Labute approximate surface area is 249 Å². The van der Waals surface area contributed by atoms with E-state index in [2.05, 4.69) is 110 Å². The van der Waals surface area contributed by atoms with Crippen molar-refractivity contribution in [3.63, 3.8) is 0 Å². The van der Waals surface area contributed by atoms with Gasteiger partial charge in [0.15, 0.2) is 12.7 Å². The monoisotopic (exact) mass is 622 g/mol. The largest absolute Gasteiger partial charge is 0.295 e. The molecule has 2 N–H and O–H groups in total. The van der Waals surface area contributed by atoms with E-state index in [0.29, 0.717) is 0 Å². The third-order valence-corrected chi connectivity index (χ3v) is 12.9. The van der Waals surface area contributed by atoms with Crippen LogP contribution in [-0.4, -0.2) is 22.1 Å². The summed E-state index contributed by atoms with van der Waals surface area (Å²) in [5.74, 6) is 2.08. The summed E-state index contributed by atoms with van der Waals surface area (Å²) in [4.78, 5) is 12.8. The molecule has 3 aromatic rings. The Hall–Kier alpha value is -1.87. The highest BCUT2D eigenvalue weighted by molar-refractivity contribution is 8.23. The highest BCUT2D eigenvalue weighted by Crippen LogP contribution is 2.64. The SMILES string of the molecule is CCCCSC(SCCCC)=C(NC(C)=O)[P+](c1ccccc1)(c1ccccc1)c1ccccc1.[O-][Cl+3]([O-])([O-])O. The van der Waals surface area contributed by atoms with E-state index in [1.807, 2.05) is 23.5 Å². The molecular formula is C30H38ClNO5PS2+. The second-order valence-corrected chi connectivity index (χ2v) is 15.4. The van der Waals surface area contributed by atoms with Gasteiger partial charge in [0.05, 0.1) is 14.9 Å². The summed E-state index contributed by atoms with van der Waals surface area (Å²) in [6.07, 6.45) is 4.63. The molecular weight excluding hydrogens is 585 g/mol. The molecule has 216 valence electrons. The van der Waals surface area contributed by atoms with E-state index in [9.17, 15) is 4.79 Å². The van der Waals surface area contributed by atoms with Crippen LogP contribution in [0.2, 0.25) is 0 Å². The Bertz CT molecular complexity index is 1060. The summed E-state index contributed by atoms with van der Waals surface area (Å²) in [6, 6.07) is 32.4. The maximum atomic E-state index is 12.8. The smallest absolute Gasteiger partial charge is 0.223 e. The summed E-state index contributed by atoms with van der Waals surface area (Å²) >= 11 is 3.83. The number of carbonyl (C=O) groups is 1. The Morgan fingerprint density at radius 1 is 0.750 bits per heavy atom. The molecule has 6 nitrogen and oxygen atoms in total. The van der Waals surface area contributed by atoms with Crippen molar-refractivity contribution < 1.29 is 33.7 Å². The predicted molar refractivity (Wildman–Crippen MR) is 163 cm³/mol. The van der Waals surface area contributed by atoms with E-state index < -0.39 is 17.5 Å². The van der Waals surface area contributed by atoms with E-state index in [-0.39, 0.29) is 5.91 Å².